The Morgan fingerprint density at radius 3 is 2.71 bits per heavy atom. The highest BCUT2D eigenvalue weighted by Crippen LogP contribution is 2.36. The van der Waals surface area contributed by atoms with E-state index in [2.05, 4.69) is 53.5 Å². The average molecular weight is 277 g/mol. The minimum absolute atomic E-state index is 0.196. The van der Waals surface area contributed by atoms with E-state index in [0.717, 1.165) is 12.8 Å². The summed E-state index contributed by atoms with van der Waals surface area (Å²) in [5, 5.41) is 1.36. The zero-order valence-corrected chi connectivity index (χ0v) is 12.0. The number of aryl methyl sites for hydroxylation is 1. The van der Waals surface area contributed by atoms with Crippen molar-refractivity contribution in [3.05, 3.63) is 71.4 Å². The van der Waals surface area contributed by atoms with Gasteiger partial charge in [0.2, 0.25) is 0 Å². The van der Waals surface area contributed by atoms with E-state index in [1.54, 1.807) is 0 Å². The second-order valence-corrected chi connectivity index (χ2v) is 5.74. The molecule has 2 nitrogen and oxygen atoms in total. The molecule has 2 heteroatoms. The van der Waals surface area contributed by atoms with Crippen molar-refractivity contribution in [3.8, 4) is 0 Å². The van der Waals surface area contributed by atoms with Crippen LogP contribution in [0, 0.1) is 0 Å². The van der Waals surface area contributed by atoms with E-state index in [9.17, 15) is 0 Å². The van der Waals surface area contributed by atoms with Gasteiger partial charge in [-0.2, -0.15) is 0 Å². The Balaban J connectivity index is 1.61. The molecule has 1 N–H and O–H groups in total. The van der Waals surface area contributed by atoms with Crippen LogP contribution in [0.5, 0.6) is 0 Å². The number of ether oxygens (including phenoxy) is 1. The summed E-state index contributed by atoms with van der Waals surface area (Å²) in [5.74, 6) is 0. The van der Waals surface area contributed by atoms with Gasteiger partial charge in [-0.05, 0) is 36.5 Å². The summed E-state index contributed by atoms with van der Waals surface area (Å²) in [6, 6.07) is 19.0. The number of rotatable bonds is 3. The van der Waals surface area contributed by atoms with E-state index in [0.29, 0.717) is 6.61 Å². The molecule has 0 saturated heterocycles. The van der Waals surface area contributed by atoms with Gasteiger partial charge in [-0.1, -0.05) is 48.5 Å². The van der Waals surface area contributed by atoms with Crippen molar-refractivity contribution < 1.29 is 4.74 Å². The van der Waals surface area contributed by atoms with E-state index >= 15 is 0 Å². The normalized spacial score (nSPS) is 17.8. The van der Waals surface area contributed by atoms with Crippen LogP contribution < -0.4 is 0 Å². The largest absolute Gasteiger partial charge is 0.367 e. The lowest BCUT2D eigenvalue weighted by atomic mass is 9.93. The van der Waals surface area contributed by atoms with Crippen LogP contribution in [0.4, 0.5) is 0 Å². The third kappa shape index (κ3) is 2.36. The van der Waals surface area contributed by atoms with Gasteiger partial charge in [0.1, 0.15) is 0 Å². The Hall–Kier alpha value is -2.06. The standard InChI is InChI=1S/C19H19NO/c1-2-7-14(8-3-1)13-21-18-12-6-10-16-15-9-4-5-11-17(15)20-19(16)18/h1-5,7-9,11,18,20H,6,10,12-13H2. The molecule has 4 rings (SSSR count). The monoisotopic (exact) mass is 277 g/mol. The molecule has 106 valence electrons. The number of nitrogens with one attached hydrogen (secondary N) is 1. The molecule has 3 aromatic rings. The molecule has 1 atom stereocenters. The third-order valence-electron chi connectivity index (χ3n) is 4.36. The number of para-hydroxylation sites is 1. The first-order chi connectivity index (χ1) is 10.4. The summed E-state index contributed by atoms with van der Waals surface area (Å²) < 4.78 is 6.19. The summed E-state index contributed by atoms with van der Waals surface area (Å²) in [6.45, 7) is 0.681. The van der Waals surface area contributed by atoms with Crippen molar-refractivity contribution in [2.75, 3.05) is 0 Å². The van der Waals surface area contributed by atoms with Gasteiger partial charge >= 0.3 is 0 Å². The Labute approximate surface area is 124 Å². The molecule has 2 aromatic carbocycles. The number of aromatic nitrogens is 1. The van der Waals surface area contributed by atoms with Crippen molar-refractivity contribution in [1.82, 2.24) is 4.98 Å². The van der Waals surface area contributed by atoms with Gasteiger partial charge in [0.15, 0.2) is 0 Å². The third-order valence-corrected chi connectivity index (χ3v) is 4.36. The lowest BCUT2D eigenvalue weighted by molar-refractivity contribution is 0.0260. The Bertz CT molecular complexity index is 745. The van der Waals surface area contributed by atoms with Gasteiger partial charge in [-0.25, -0.2) is 0 Å². The van der Waals surface area contributed by atoms with Gasteiger partial charge in [0.05, 0.1) is 12.7 Å². The lowest BCUT2D eigenvalue weighted by Crippen LogP contribution is -2.12. The minimum Gasteiger partial charge on any atom is -0.367 e. The molecule has 1 aliphatic carbocycles. The molecule has 0 saturated carbocycles. The second kappa shape index (κ2) is 5.38. The summed E-state index contributed by atoms with van der Waals surface area (Å²) in [7, 11) is 0. The van der Waals surface area contributed by atoms with Crippen LogP contribution in [0.2, 0.25) is 0 Å². The minimum atomic E-state index is 0.196. The molecule has 1 aromatic heterocycles. The quantitative estimate of drug-likeness (QED) is 0.733. The number of benzene rings is 2. The topological polar surface area (TPSA) is 25.0 Å². The van der Waals surface area contributed by atoms with E-state index in [4.69, 9.17) is 4.74 Å². The molecule has 0 aliphatic heterocycles. The maximum absolute atomic E-state index is 6.19. The van der Waals surface area contributed by atoms with Gasteiger partial charge in [0, 0.05) is 16.6 Å². The van der Waals surface area contributed by atoms with Gasteiger partial charge in [-0.15, -0.1) is 0 Å². The summed E-state index contributed by atoms with van der Waals surface area (Å²) >= 11 is 0. The van der Waals surface area contributed by atoms with Crippen LogP contribution in [-0.4, -0.2) is 4.98 Å². The number of H-pyrrole nitrogens is 1. The van der Waals surface area contributed by atoms with Crippen LogP contribution in [0.25, 0.3) is 10.9 Å². The lowest BCUT2D eigenvalue weighted by Gasteiger charge is -2.23. The van der Waals surface area contributed by atoms with Crippen molar-refractivity contribution >= 4 is 10.9 Å². The molecule has 1 aliphatic rings. The first kappa shape index (κ1) is 12.7. The highest BCUT2D eigenvalue weighted by Gasteiger charge is 2.24. The molecule has 0 amide bonds. The van der Waals surface area contributed by atoms with Crippen molar-refractivity contribution in [2.24, 2.45) is 0 Å². The van der Waals surface area contributed by atoms with Gasteiger partial charge in [0.25, 0.3) is 0 Å². The SMILES string of the molecule is c1ccc(COC2CCCc3c2[nH]c2ccccc32)cc1. The molecular formula is C19H19NO. The molecule has 1 heterocycles. The summed E-state index contributed by atoms with van der Waals surface area (Å²) in [5.41, 5.74) is 5.21. The number of hydrogen-bond donors (Lipinski definition) is 1. The first-order valence-corrected chi connectivity index (χ1v) is 7.67. The predicted octanol–water partition coefficient (Wildman–Crippen LogP) is 4.76. The molecule has 0 spiro atoms. The van der Waals surface area contributed by atoms with Crippen LogP contribution in [0.3, 0.4) is 0 Å². The summed E-state index contributed by atoms with van der Waals surface area (Å²) in [4.78, 5) is 3.58. The number of aromatic amines is 1. The summed E-state index contributed by atoms with van der Waals surface area (Å²) in [6.07, 6.45) is 3.66. The fourth-order valence-electron chi connectivity index (χ4n) is 3.31. The predicted molar refractivity (Wildman–Crippen MR) is 85.2 cm³/mol. The van der Waals surface area contributed by atoms with Crippen LogP contribution in [-0.2, 0) is 17.8 Å². The van der Waals surface area contributed by atoms with Gasteiger partial charge < -0.3 is 9.72 Å². The molecule has 0 radical (unpaired) electrons. The Kier molecular flexibility index (Phi) is 3.24. The maximum Gasteiger partial charge on any atom is 0.0980 e. The first-order valence-electron chi connectivity index (χ1n) is 7.67. The van der Waals surface area contributed by atoms with Crippen molar-refractivity contribution in [3.63, 3.8) is 0 Å². The average Bonchev–Trinajstić information content (AvgIpc) is 2.93. The molecule has 0 bridgehead atoms. The molecular weight excluding hydrogens is 258 g/mol. The van der Waals surface area contributed by atoms with Crippen molar-refractivity contribution in [1.29, 1.82) is 0 Å². The van der Waals surface area contributed by atoms with Crippen LogP contribution in [0.1, 0.15) is 35.8 Å². The maximum atomic E-state index is 6.19. The van der Waals surface area contributed by atoms with Crippen LogP contribution >= 0.6 is 0 Å². The Morgan fingerprint density at radius 1 is 1.00 bits per heavy atom. The van der Waals surface area contributed by atoms with E-state index in [-0.39, 0.29) is 6.10 Å². The smallest absolute Gasteiger partial charge is 0.0980 e. The number of hydrogen-bond acceptors (Lipinski definition) is 1. The second-order valence-electron chi connectivity index (χ2n) is 5.74. The highest BCUT2D eigenvalue weighted by molar-refractivity contribution is 5.85. The molecule has 0 fully saturated rings. The fraction of sp³-hybridized carbons (Fsp3) is 0.263. The number of fused-ring (bicyclic) bond motifs is 3. The Morgan fingerprint density at radius 2 is 1.81 bits per heavy atom. The van der Waals surface area contributed by atoms with E-state index in [1.165, 1.54) is 34.1 Å². The van der Waals surface area contributed by atoms with E-state index in [1.807, 2.05) is 6.07 Å². The van der Waals surface area contributed by atoms with Gasteiger partial charge in [-0.3, -0.25) is 0 Å². The molecule has 21 heavy (non-hydrogen) atoms. The van der Waals surface area contributed by atoms with E-state index < -0.39 is 0 Å². The fourth-order valence-corrected chi connectivity index (χ4v) is 3.31. The van der Waals surface area contributed by atoms with Crippen LogP contribution in [0.15, 0.2) is 54.6 Å². The zero-order chi connectivity index (χ0) is 14.1. The highest BCUT2D eigenvalue weighted by atomic mass is 16.5. The van der Waals surface area contributed by atoms with Crippen molar-refractivity contribution in [2.45, 2.75) is 32.0 Å². The zero-order valence-electron chi connectivity index (χ0n) is 12.0. The molecule has 1 unspecified atom stereocenters.